The van der Waals surface area contributed by atoms with E-state index >= 15 is 0 Å². The number of hydrogen-bond donors (Lipinski definition) is 1. The lowest BCUT2D eigenvalue weighted by atomic mass is 9.92. The molecule has 0 saturated heterocycles. The third-order valence-electron chi connectivity index (χ3n) is 5.72. The zero-order valence-corrected chi connectivity index (χ0v) is 18.2. The Labute approximate surface area is 186 Å². The van der Waals surface area contributed by atoms with Crippen LogP contribution in [0.1, 0.15) is 41.3 Å². The molecule has 32 heavy (non-hydrogen) atoms. The Bertz CT molecular complexity index is 1020. The van der Waals surface area contributed by atoms with Crippen molar-refractivity contribution in [2.45, 2.75) is 45.0 Å². The second kappa shape index (κ2) is 9.99. The molecule has 0 amide bonds. The van der Waals surface area contributed by atoms with E-state index in [4.69, 9.17) is 9.47 Å². The topological polar surface area (TPSA) is 57.5 Å². The molecule has 0 fully saturated rings. The Hall–Kier alpha value is -3.13. The van der Waals surface area contributed by atoms with Gasteiger partial charge in [0.25, 0.3) is 0 Å². The zero-order chi connectivity index (χ0) is 22.5. The normalized spacial score (nSPS) is 15.5. The molecule has 1 heterocycles. The molecule has 1 unspecified atom stereocenters. The van der Waals surface area contributed by atoms with Crippen LogP contribution in [0, 0.1) is 0 Å². The summed E-state index contributed by atoms with van der Waals surface area (Å²) in [5, 5.41) is 8.22. The largest absolute Gasteiger partial charge is 0.493 e. The van der Waals surface area contributed by atoms with Crippen molar-refractivity contribution in [1.29, 1.82) is 0 Å². The molecule has 1 atom stereocenters. The maximum atomic E-state index is 12.8. The molecule has 4 rings (SSSR count). The van der Waals surface area contributed by atoms with Crippen LogP contribution in [0.3, 0.4) is 0 Å². The van der Waals surface area contributed by atoms with E-state index in [0.29, 0.717) is 6.54 Å². The van der Waals surface area contributed by atoms with Gasteiger partial charge in [-0.2, -0.15) is 13.9 Å². The highest BCUT2D eigenvalue weighted by molar-refractivity contribution is 5.54. The van der Waals surface area contributed by atoms with Crippen LogP contribution < -0.4 is 19.5 Å². The lowest BCUT2D eigenvalue weighted by Gasteiger charge is -2.25. The fourth-order valence-corrected chi connectivity index (χ4v) is 4.21. The van der Waals surface area contributed by atoms with E-state index in [1.807, 2.05) is 24.4 Å². The molecule has 1 N–H and O–H groups in total. The summed E-state index contributed by atoms with van der Waals surface area (Å²) in [6.07, 6.45) is 5.03. The van der Waals surface area contributed by atoms with Gasteiger partial charge < -0.3 is 19.5 Å². The summed E-state index contributed by atoms with van der Waals surface area (Å²) >= 11 is 0. The fourth-order valence-electron chi connectivity index (χ4n) is 4.21. The highest BCUT2D eigenvalue weighted by atomic mass is 19.3. The van der Waals surface area contributed by atoms with Gasteiger partial charge in [0.15, 0.2) is 11.5 Å². The second-order valence-corrected chi connectivity index (χ2v) is 7.72. The lowest BCUT2D eigenvalue weighted by molar-refractivity contribution is -0.0526. The number of hydrogen-bond acceptors (Lipinski definition) is 5. The smallest absolute Gasteiger partial charge is 0.387 e. The minimum Gasteiger partial charge on any atom is -0.493 e. The predicted molar refractivity (Wildman–Crippen MR) is 116 cm³/mol. The SMILES string of the molecule is COc1cc(CNC2CCCc3c2cnn3Cc2ccccc2)cc(OC)c1OC(F)F. The first-order valence-corrected chi connectivity index (χ1v) is 10.6. The van der Waals surface area contributed by atoms with Crippen LogP contribution >= 0.6 is 0 Å². The Morgan fingerprint density at radius 1 is 1.09 bits per heavy atom. The maximum Gasteiger partial charge on any atom is 0.387 e. The number of halogens is 2. The molecule has 2 aromatic carbocycles. The van der Waals surface area contributed by atoms with E-state index in [0.717, 1.165) is 31.4 Å². The van der Waals surface area contributed by atoms with Crippen LogP contribution in [0.2, 0.25) is 0 Å². The van der Waals surface area contributed by atoms with Gasteiger partial charge in [-0.25, -0.2) is 0 Å². The molecule has 170 valence electrons. The summed E-state index contributed by atoms with van der Waals surface area (Å²) in [6, 6.07) is 13.8. The molecule has 3 aromatic rings. The number of alkyl halides is 2. The van der Waals surface area contributed by atoms with Gasteiger partial charge >= 0.3 is 6.61 Å². The lowest BCUT2D eigenvalue weighted by Crippen LogP contribution is -2.25. The minimum atomic E-state index is -2.96. The first-order valence-electron chi connectivity index (χ1n) is 10.6. The molecule has 1 aliphatic rings. The Morgan fingerprint density at radius 2 is 1.81 bits per heavy atom. The second-order valence-electron chi connectivity index (χ2n) is 7.72. The Kier molecular flexibility index (Phi) is 6.90. The number of rotatable bonds is 9. The van der Waals surface area contributed by atoms with Gasteiger partial charge in [-0.3, -0.25) is 4.68 Å². The van der Waals surface area contributed by atoms with Crippen molar-refractivity contribution in [3.05, 3.63) is 71.0 Å². The molecule has 1 aromatic heterocycles. The molecule has 0 bridgehead atoms. The molecule has 1 aliphatic carbocycles. The van der Waals surface area contributed by atoms with E-state index in [1.165, 1.54) is 31.0 Å². The molecule has 8 heteroatoms. The third-order valence-corrected chi connectivity index (χ3v) is 5.72. The third kappa shape index (κ3) is 4.85. The van der Waals surface area contributed by atoms with E-state index in [9.17, 15) is 8.78 Å². The number of benzene rings is 2. The number of aromatic nitrogens is 2. The highest BCUT2D eigenvalue weighted by Gasteiger charge is 2.24. The Morgan fingerprint density at radius 3 is 2.47 bits per heavy atom. The van der Waals surface area contributed by atoms with Gasteiger partial charge in [0.05, 0.1) is 27.0 Å². The van der Waals surface area contributed by atoms with Crippen molar-refractivity contribution in [2.24, 2.45) is 0 Å². The van der Waals surface area contributed by atoms with E-state index in [1.54, 1.807) is 12.1 Å². The molecule has 0 radical (unpaired) electrons. The average molecular weight is 443 g/mol. The quantitative estimate of drug-likeness (QED) is 0.519. The van der Waals surface area contributed by atoms with Crippen LogP contribution in [-0.2, 0) is 19.5 Å². The van der Waals surface area contributed by atoms with Crippen molar-refractivity contribution >= 4 is 0 Å². The number of nitrogens with one attached hydrogen (secondary N) is 1. The van der Waals surface area contributed by atoms with Gasteiger partial charge in [0, 0.05) is 23.8 Å². The van der Waals surface area contributed by atoms with Crippen molar-refractivity contribution < 1.29 is 23.0 Å². The van der Waals surface area contributed by atoms with Gasteiger partial charge in [0.1, 0.15) is 0 Å². The van der Waals surface area contributed by atoms with E-state index < -0.39 is 6.61 Å². The summed E-state index contributed by atoms with van der Waals surface area (Å²) in [5.41, 5.74) is 4.54. The van der Waals surface area contributed by atoms with E-state index in [-0.39, 0.29) is 23.3 Å². The maximum absolute atomic E-state index is 12.8. The molecular weight excluding hydrogens is 416 g/mol. The number of ether oxygens (including phenoxy) is 3. The van der Waals surface area contributed by atoms with Crippen LogP contribution in [0.15, 0.2) is 48.7 Å². The van der Waals surface area contributed by atoms with Gasteiger partial charge in [-0.1, -0.05) is 30.3 Å². The average Bonchev–Trinajstić information content (AvgIpc) is 3.21. The standard InChI is InChI=1S/C24H27F2N3O3/c1-30-21-11-17(12-22(31-2)23(21)32-24(25)26)13-27-19-9-6-10-20-18(19)14-28-29(20)15-16-7-4-3-5-8-16/h3-5,7-8,11-12,14,19,24,27H,6,9-10,13,15H2,1-2H3. The first-order chi connectivity index (χ1) is 15.6. The van der Waals surface area contributed by atoms with Crippen LogP contribution in [0.5, 0.6) is 17.2 Å². The van der Waals surface area contributed by atoms with E-state index in [2.05, 4.69) is 32.0 Å². The monoisotopic (exact) mass is 443 g/mol. The summed E-state index contributed by atoms with van der Waals surface area (Å²) in [6.45, 7) is -1.69. The van der Waals surface area contributed by atoms with Crippen molar-refractivity contribution in [1.82, 2.24) is 15.1 Å². The van der Waals surface area contributed by atoms with Crippen LogP contribution in [-0.4, -0.2) is 30.6 Å². The number of fused-ring (bicyclic) bond motifs is 1. The van der Waals surface area contributed by atoms with Crippen LogP contribution in [0.25, 0.3) is 0 Å². The Balaban J connectivity index is 1.50. The zero-order valence-electron chi connectivity index (χ0n) is 18.2. The van der Waals surface area contributed by atoms with Gasteiger partial charge in [-0.05, 0) is 42.5 Å². The van der Waals surface area contributed by atoms with Crippen molar-refractivity contribution in [2.75, 3.05) is 14.2 Å². The van der Waals surface area contributed by atoms with Crippen molar-refractivity contribution in [3.63, 3.8) is 0 Å². The summed E-state index contributed by atoms with van der Waals surface area (Å²) < 4.78 is 42.7. The van der Waals surface area contributed by atoms with Gasteiger partial charge in [0.2, 0.25) is 5.75 Å². The summed E-state index contributed by atoms with van der Waals surface area (Å²) in [4.78, 5) is 0. The fraction of sp³-hybridized carbons (Fsp3) is 0.375. The highest BCUT2D eigenvalue weighted by Crippen LogP contribution is 2.40. The summed E-state index contributed by atoms with van der Waals surface area (Å²) in [5.74, 6) is 0.318. The molecule has 6 nitrogen and oxygen atoms in total. The minimum absolute atomic E-state index is 0.101. The molecule has 0 saturated carbocycles. The number of nitrogens with zero attached hydrogens (tertiary/aromatic N) is 2. The van der Waals surface area contributed by atoms with Crippen LogP contribution in [0.4, 0.5) is 8.78 Å². The molecular formula is C24H27F2N3O3. The predicted octanol–water partition coefficient (Wildman–Crippen LogP) is 4.72. The van der Waals surface area contributed by atoms with Gasteiger partial charge in [-0.15, -0.1) is 0 Å². The first kappa shape index (κ1) is 22.1. The van der Waals surface area contributed by atoms with Crippen molar-refractivity contribution in [3.8, 4) is 17.2 Å². The molecule has 0 spiro atoms. The summed E-state index contributed by atoms with van der Waals surface area (Å²) in [7, 11) is 2.83. The molecule has 0 aliphatic heterocycles. The number of methoxy groups -OCH3 is 2.